The second-order valence-electron chi connectivity index (χ2n) is 4.96. The first-order chi connectivity index (χ1) is 11.7. The Morgan fingerprint density at radius 1 is 1.20 bits per heavy atom. The van der Waals surface area contributed by atoms with Crippen molar-refractivity contribution in [2.45, 2.75) is 25.6 Å². The number of halogens is 6. The molecular weight excluding hydrogens is 371 g/mol. The summed E-state index contributed by atoms with van der Waals surface area (Å²) in [5.74, 6) is -0.00727. The van der Waals surface area contributed by atoms with Crippen molar-refractivity contribution in [1.82, 2.24) is 15.0 Å². The minimum Gasteiger partial charge on any atom is -0.475 e. The predicted molar refractivity (Wildman–Crippen MR) is 79.8 cm³/mol. The van der Waals surface area contributed by atoms with E-state index < -0.39 is 29.9 Å². The van der Waals surface area contributed by atoms with Gasteiger partial charge in [-0.2, -0.15) is 13.2 Å². The molecule has 2 aromatic heterocycles. The van der Waals surface area contributed by atoms with E-state index in [1.807, 2.05) is 0 Å². The van der Waals surface area contributed by atoms with Gasteiger partial charge in [-0.05, 0) is 13.0 Å². The molecule has 1 atom stereocenters. The van der Waals surface area contributed by atoms with E-state index in [0.717, 1.165) is 18.5 Å². The second kappa shape index (κ2) is 7.77. The van der Waals surface area contributed by atoms with Gasteiger partial charge < -0.3 is 10.1 Å². The van der Waals surface area contributed by atoms with Gasteiger partial charge in [0.1, 0.15) is 29.5 Å². The summed E-state index contributed by atoms with van der Waals surface area (Å²) in [6.45, 7) is 1.63. The van der Waals surface area contributed by atoms with Crippen molar-refractivity contribution in [2.75, 3.05) is 11.9 Å². The van der Waals surface area contributed by atoms with Crippen LogP contribution < -0.4 is 10.1 Å². The molecule has 0 amide bonds. The lowest BCUT2D eigenvalue weighted by molar-refractivity contribution is -0.137. The van der Waals surface area contributed by atoms with E-state index in [1.165, 1.54) is 0 Å². The normalized spacial score (nSPS) is 13.0. The quantitative estimate of drug-likeness (QED) is 0.752. The van der Waals surface area contributed by atoms with Gasteiger partial charge in [0.15, 0.2) is 0 Å². The fraction of sp³-hybridized carbons (Fsp3) is 0.357. The van der Waals surface area contributed by atoms with Crippen molar-refractivity contribution in [3.63, 3.8) is 0 Å². The van der Waals surface area contributed by atoms with Crippen LogP contribution >= 0.6 is 11.6 Å². The van der Waals surface area contributed by atoms with E-state index in [2.05, 4.69) is 20.3 Å². The number of hydrogen-bond donors (Lipinski definition) is 1. The molecule has 0 spiro atoms. The van der Waals surface area contributed by atoms with Crippen LogP contribution in [-0.2, 0) is 6.18 Å². The molecule has 0 radical (unpaired) electrons. The molecule has 2 rings (SSSR count). The Labute approximate surface area is 144 Å². The molecule has 25 heavy (non-hydrogen) atoms. The maximum absolute atomic E-state index is 12.7. The van der Waals surface area contributed by atoms with Crippen LogP contribution in [0.4, 0.5) is 27.8 Å². The zero-order valence-corrected chi connectivity index (χ0v) is 13.4. The molecule has 0 aromatic carbocycles. The van der Waals surface area contributed by atoms with Gasteiger partial charge in [0.2, 0.25) is 5.88 Å². The summed E-state index contributed by atoms with van der Waals surface area (Å²) in [6, 6.07) is 1.49. The molecule has 0 aliphatic heterocycles. The summed E-state index contributed by atoms with van der Waals surface area (Å²) >= 11 is 5.80. The topological polar surface area (TPSA) is 59.9 Å². The number of nitrogens with zero attached hydrogens (tertiary/aromatic N) is 3. The van der Waals surface area contributed by atoms with Crippen LogP contribution in [0.15, 0.2) is 24.7 Å². The molecule has 0 bridgehead atoms. The monoisotopic (exact) mass is 382 g/mol. The van der Waals surface area contributed by atoms with E-state index in [4.69, 9.17) is 16.3 Å². The number of nitrogens with one attached hydrogen (secondary N) is 1. The minimum absolute atomic E-state index is 0.00319. The molecule has 0 saturated carbocycles. The number of anilines is 1. The molecule has 11 heteroatoms. The third-order valence-electron chi connectivity index (χ3n) is 2.95. The fourth-order valence-electron chi connectivity index (χ4n) is 1.76. The van der Waals surface area contributed by atoms with Crippen molar-refractivity contribution in [1.29, 1.82) is 0 Å². The summed E-state index contributed by atoms with van der Waals surface area (Å²) in [7, 11) is 0. The zero-order chi connectivity index (χ0) is 18.6. The van der Waals surface area contributed by atoms with Gasteiger partial charge in [-0.15, -0.1) is 0 Å². The van der Waals surface area contributed by atoms with Crippen molar-refractivity contribution in [3.05, 3.63) is 40.9 Å². The first-order valence-corrected chi connectivity index (χ1v) is 7.27. The number of aromatic nitrogens is 3. The summed E-state index contributed by atoms with van der Waals surface area (Å²) in [6.07, 6.45) is -5.73. The van der Waals surface area contributed by atoms with Gasteiger partial charge >= 0.3 is 6.18 Å². The first kappa shape index (κ1) is 19.1. The van der Waals surface area contributed by atoms with Crippen LogP contribution in [0.2, 0.25) is 5.02 Å². The van der Waals surface area contributed by atoms with Crippen LogP contribution in [-0.4, -0.2) is 27.6 Å². The van der Waals surface area contributed by atoms with Gasteiger partial charge in [-0.3, -0.25) is 0 Å². The molecule has 0 fully saturated rings. The van der Waals surface area contributed by atoms with E-state index in [1.54, 1.807) is 6.92 Å². The highest BCUT2D eigenvalue weighted by atomic mass is 35.5. The average Bonchev–Trinajstić information content (AvgIpc) is 2.54. The Kier molecular flexibility index (Phi) is 5.93. The van der Waals surface area contributed by atoms with Crippen LogP contribution in [0.1, 0.15) is 24.6 Å². The third-order valence-corrected chi connectivity index (χ3v) is 3.32. The lowest BCUT2D eigenvalue weighted by atomic mass is 10.3. The van der Waals surface area contributed by atoms with E-state index >= 15 is 0 Å². The largest absolute Gasteiger partial charge is 0.475 e. The van der Waals surface area contributed by atoms with Gasteiger partial charge in [-0.25, -0.2) is 23.7 Å². The number of hydrogen-bond acceptors (Lipinski definition) is 5. The Bertz CT molecular complexity index is 711. The average molecular weight is 383 g/mol. The zero-order valence-electron chi connectivity index (χ0n) is 12.7. The Hall–Kier alpha value is -2.23. The SMILES string of the molecule is C[C@@H](COc1ccc(C(F)(F)F)cn1)Nc1ncnc(C(F)F)c1Cl. The van der Waals surface area contributed by atoms with Gasteiger partial charge in [-0.1, -0.05) is 11.6 Å². The van der Waals surface area contributed by atoms with E-state index in [-0.39, 0.29) is 23.3 Å². The van der Waals surface area contributed by atoms with Gasteiger partial charge in [0.05, 0.1) is 11.6 Å². The molecular formula is C14H12ClF5N4O. The Balaban J connectivity index is 1.95. The van der Waals surface area contributed by atoms with Crippen molar-refractivity contribution in [2.24, 2.45) is 0 Å². The van der Waals surface area contributed by atoms with Crippen molar-refractivity contribution in [3.8, 4) is 5.88 Å². The smallest absolute Gasteiger partial charge is 0.417 e. The van der Waals surface area contributed by atoms with E-state index in [9.17, 15) is 22.0 Å². The fourth-order valence-corrected chi connectivity index (χ4v) is 1.99. The van der Waals surface area contributed by atoms with Crippen LogP contribution in [0, 0.1) is 0 Å². The summed E-state index contributed by atoms with van der Waals surface area (Å²) in [4.78, 5) is 10.7. The number of ether oxygens (including phenoxy) is 1. The highest BCUT2D eigenvalue weighted by molar-refractivity contribution is 6.33. The van der Waals surface area contributed by atoms with Crippen molar-refractivity contribution < 1.29 is 26.7 Å². The number of pyridine rings is 1. The number of rotatable bonds is 6. The molecule has 0 aliphatic carbocycles. The van der Waals surface area contributed by atoms with Crippen LogP contribution in [0.25, 0.3) is 0 Å². The van der Waals surface area contributed by atoms with Crippen LogP contribution in [0.5, 0.6) is 5.88 Å². The standard InChI is InChI=1S/C14H12ClF5N4O/c1-7(24-13-10(15)11(12(16)17)22-6-23-13)5-25-9-3-2-8(4-21-9)14(18,19)20/h2-4,6-7,12H,5H2,1H3,(H,22,23,24)/t7-/m0/s1. The molecule has 0 saturated heterocycles. The second-order valence-corrected chi connectivity index (χ2v) is 5.34. The lowest BCUT2D eigenvalue weighted by Crippen LogP contribution is -2.24. The summed E-state index contributed by atoms with van der Waals surface area (Å²) in [5.41, 5.74) is -1.49. The molecule has 2 aromatic rings. The molecule has 1 N–H and O–H groups in total. The summed E-state index contributed by atoms with van der Waals surface area (Å²) in [5, 5.41) is 2.45. The molecule has 0 unspecified atom stereocenters. The maximum Gasteiger partial charge on any atom is 0.417 e. The predicted octanol–water partition coefficient (Wildman–Crippen LogP) is 4.36. The summed E-state index contributed by atoms with van der Waals surface area (Å²) < 4.78 is 68.0. The maximum atomic E-state index is 12.7. The molecule has 2 heterocycles. The molecule has 136 valence electrons. The Morgan fingerprint density at radius 3 is 2.48 bits per heavy atom. The highest BCUT2D eigenvalue weighted by Crippen LogP contribution is 2.30. The first-order valence-electron chi connectivity index (χ1n) is 6.89. The highest BCUT2D eigenvalue weighted by Gasteiger charge is 2.30. The molecule has 0 aliphatic rings. The Morgan fingerprint density at radius 2 is 1.92 bits per heavy atom. The van der Waals surface area contributed by atoms with Crippen molar-refractivity contribution >= 4 is 17.4 Å². The van der Waals surface area contributed by atoms with Gasteiger partial charge in [0.25, 0.3) is 6.43 Å². The van der Waals surface area contributed by atoms with E-state index in [0.29, 0.717) is 6.20 Å². The third kappa shape index (κ3) is 5.12. The molecule has 5 nitrogen and oxygen atoms in total. The minimum atomic E-state index is -4.48. The van der Waals surface area contributed by atoms with Crippen LogP contribution in [0.3, 0.4) is 0 Å². The lowest BCUT2D eigenvalue weighted by Gasteiger charge is -2.16. The number of alkyl halides is 5. The van der Waals surface area contributed by atoms with Gasteiger partial charge in [0, 0.05) is 12.3 Å².